The number of halogens is 1. The summed E-state index contributed by atoms with van der Waals surface area (Å²) in [5.74, 6) is 0.592. The molecule has 0 atom stereocenters. The van der Waals surface area contributed by atoms with Crippen molar-refractivity contribution < 1.29 is 16.8 Å². The third-order valence-corrected chi connectivity index (χ3v) is 9.55. The van der Waals surface area contributed by atoms with Gasteiger partial charge in [0.15, 0.2) is 9.84 Å². The lowest BCUT2D eigenvalue weighted by atomic mass is 10.2. The van der Waals surface area contributed by atoms with E-state index in [-0.39, 0.29) is 20.7 Å². The molecule has 0 saturated carbocycles. The van der Waals surface area contributed by atoms with E-state index in [4.69, 9.17) is 0 Å². The van der Waals surface area contributed by atoms with Gasteiger partial charge in [-0.3, -0.25) is 9.36 Å². The second-order valence-electron chi connectivity index (χ2n) is 8.29. The maximum Gasteiger partial charge on any atom is 0.261 e. The van der Waals surface area contributed by atoms with E-state index in [0.29, 0.717) is 50.5 Å². The van der Waals surface area contributed by atoms with Crippen LogP contribution in [-0.4, -0.2) is 74.6 Å². The zero-order chi connectivity index (χ0) is 24.7. The van der Waals surface area contributed by atoms with Crippen molar-refractivity contribution in [3.8, 4) is 0 Å². The number of hydrogen-bond acceptors (Lipinski definition) is 7. The number of hydrogen-bond donors (Lipinski definition) is 0. The molecule has 0 amide bonds. The molecule has 34 heavy (non-hydrogen) atoms. The van der Waals surface area contributed by atoms with Crippen LogP contribution in [0, 0.1) is 0 Å². The number of rotatable bonds is 6. The highest BCUT2D eigenvalue weighted by Gasteiger charge is 2.28. The van der Waals surface area contributed by atoms with Crippen LogP contribution in [0.1, 0.15) is 5.82 Å². The molecule has 0 N–H and O–H groups in total. The van der Waals surface area contributed by atoms with Crippen molar-refractivity contribution in [2.75, 3.05) is 39.0 Å². The fourth-order valence-electron chi connectivity index (χ4n) is 3.96. The molecule has 9 nitrogen and oxygen atoms in total. The first-order chi connectivity index (χ1) is 16.0. The predicted molar refractivity (Wildman–Crippen MR) is 133 cm³/mol. The average Bonchev–Trinajstić information content (AvgIpc) is 2.80. The van der Waals surface area contributed by atoms with Crippen LogP contribution in [0.5, 0.6) is 0 Å². The second-order valence-corrected chi connectivity index (χ2v) is 13.2. The zero-order valence-electron chi connectivity index (χ0n) is 18.8. The highest BCUT2D eigenvalue weighted by atomic mass is 79.9. The van der Waals surface area contributed by atoms with E-state index in [1.807, 2.05) is 0 Å². The van der Waals surface area contributed by atoms with Gasteiger partial charge < -0.3 is 4.90 Å². The molecule has 1 fully saturated rings. The summed E-state index contributed by atoms with van der Waals surface area (Å²) in [6.07, 6.45) is 1.61. The number of nitrogens with zero attached hydrogens (tertiary/aromatic N) is 4. The van der Waals surface area contributed by atoms with Crippen LogP contribution in [-0.2, 0) is 33.3 Å². The van der Waals surface area contributed by atoms with Crippen molar-refractivity contribution in [3.05, 3.63) is 63.1 Å². The van der Waals surface area contributed by atoms with Crippen LogP contribution in [0.2, 0.25) is 0 Å². The van der Waals surface area contributed by atoms with Gasteiger partial charge in [-0.05, 0) is 42.5 Å². The Bertz CT molecular complexity index is 1490. The highest BCUT2D eigenvalue weighted by molar-refractivity contribution is 9.10. The number of sulfonamides is 1. The van der Waals surface area contributed by atoms with Crippen molar-refractivity contribution in [1.29, 1.82) is 0 Å². The number of aromatic nitrogens is 2. The second kappa shape index (κ2) is 9.50. The average molecular weight is 570 g/mol. The van der Waals surface area contributed by atoms with Gasteiger partial charge >= 0.3 is 0 Å². The number of benzene rings is 2. The molecule has 1 aromatic heterocycles. The molecule has 12 heteroatoms. The van der Waals surface area contributed by atoms with Crippen LogP contribution in [0.15, 0.2) is 61.5 Å². The summed E-state index contributed by atoms with van der Waals surface area (Å²) in [5.41, 5.74) is 0.159. The molecular formula is C22H25BrN4O5S2. The minimum atomic E-state index is -3.53. The lowest BCUT2D eigenvalue weighted by Gasteiger charge is -2.34. The van der Waals surface area contributed by atoms with E-state index in [0.717, 1.165) is 10.7 Å². The fraction of sp³-hybridized carbons (Fsp3) is 0.364. The Morgan fingerprint density at radius 1 is 0.941 bits per heavy atom. The Kier molecular flexibility index (Phi) is 6.98. The van der Waals surface area contributed by atoms with Gasteiger partial charge in [0.05, 0.1) is 20.7 Å². The summed E-state index contributed by atoms with van der Waals surface area (Å²) in [5, 5.41) is 0.265. The molecule has 0 unspecified atom stereocenters. The Hall–Kier alpha value is -2.12. The van der Waals surface area contributed by atoms with Gasteiger partial charge in [-0.2, -0.15) is 4.31 Å². The Morgan fingerprint density at radius 2 is 1.56 bits per heavy atom. The summed E-state index contributed by atoms with van der Waals surface area (Å²) in [4.78, 5) is 19.9. The third-order valence-electron chi connectivity index (χ3n) is 6.00. The maximum absolute atomic E-state index is 12.9. The van der Waals surface area contributed by atoms with Gasteiger partial charge in [-0.15, -0.1) is 0 Å². The van der Waals surface area contributed by atoms with Gasteiger partial charge in [0.2, 0.25) is 10.0 Å². The van der Waals surface area contributed by atoms with Crippen LogP contribution < -0.4 is 5.56 Å². The smallest absolute Gasteiger partial charge is 0.261 e. The van der Waals surface area contributed by atoms with Crippen molar-refractivity contribution >= 4 is 46.7 Å². The third kappa shape index (κ3) is 5.10. The standard InChI is InChI=1S/C22H25BrN4O5S2/c1-25-21(24-20-8-7-18(33(2,29)30)15-19(20)22(25)28)9-10-26-11-13-27(14-12-26)34(31,32)17-5-3-16(23)4-6-17/h3-8,15H,9-14H2,1-2H3. The van der Waals surface area contributed by atoms with E-state index in [1.54, 1.807) is 37.4 Å². The maximum atomic E-state index is 12.9. The first kappa shape index (κ1) is 25.0. The Labute approximate surface area is 207 Å². The zero-order valence-corrected chi connectivity index (χ0v) is 22.0. The van der Waals surface area contributed by atoms with Crippen LogP contribution >= 0.6 is 15.9 Å². The van der Waals surface area contributed by atoms with E-state index in [1.165, 1.54) is 21.0 Å². The topological polar surface area (TPSA) is 110 Å². The van der Waals surface area contributed by atoms with Gasteiger partial charge in [0.25, 0.3) is 5.56 Å². The largest absolute Gasteiger partial charge is 0.300 e. The van der Waals surface area contributed by atoms with Crippen LogP contribution in [0.4, 0.5) is 0 Å². The molecule has 4 rings (SSSR count). The SMILES string of the molecule is Cn1c(CCN2CCN(S(=O)(=O)c3ccc(Br)cc3)CC2)nc2ccc(S(C)(=O)=O)cc2c1=O. The molecule has 2 heterocycles. The molecule has 0 aliphatic carbocycles. The Morgan fingerprint density at radius 3 is 2.18 bits per heavy atom. The van der Waals surface area contributed by atoms with Crippen LogP contribution in [0.25, 0.3) is 10.9 Å². The van der Waals surface area contributed by atoms with Gasteiger partial charge in [0, 0.05) is 56.9 Å². The van der Waals surface area contributed by atoms with Gasteiger partial charge in [-0.1, -0.05) is 15.9 Å². The molecular weight excluding hydrogens is 544 g/mol. The van der Waals surface area contributed by atoms with Crippen molar-refractivity contribution in [1.82, 2.24) is 18.8 Å². The van der Waals surface area contributed by atoms with Crippen molar-refractivity contribution in [3.63, 3.8) is 0 Å². The number of sulfone groups is 1. The van der Waals surface area contributed by atoms with E-state index in [2.05, 4.69) is 25.8 Å². The summed E-state index contributed by atoms with van der Waals surface area (Å²) in [6.45, 7) is 2.55. The fourth-order valence-corrected chi connectivity index (χ4v) is 6.29. The molecule has 1 aliphatic rings. The molecule has 2 aromatic carbocycles. The molecule has 1 saturated heterocycles. The van der Waals surface area contributed by atoms with Gasteiger partial charge in [0.1, 0.15) is 5.82 Å². The van der Waals surface area contributed by atoms with E-state index >= 15 is 0 Å². The lowest BCUT2D eigenvalue weighted by molar-refractivity contribution is 0.189. The summed E-state index contributed by atoms with van der Waals surface area (Å²) in [6, 6.07) is 11.0. The highest BCUT2D eigenvalue weighted by Crippen LogP contribution is 2.20. The molecule has 0 radical (unpaired) electrons. The molecule has 182 valence electrons. The monoisotopic (exact) mass is 568 g/mol. The van der Waals surface area contributed by atoms with Gasteiger partial charge in [-0.25, -0.2) is 21.8 Å². The molecule has 0 spiro atoms. The summed E-state index contributed by atoms with van der Waals surface area (Å²) in [7, 11) is -5.33. The summed E-state index contributed by atoms with van der Waals surface area (Å²) >= 11 is 3.32. The van der Waals surface area contributed by atoms with E-state index < -0.39 is 19.9 Å². The van der Waals surface area contributed by atoms with Crippen molar-refractivity contribution in [2.45, 2.75) is 16.2 Å². The minimum absolute atomic E-state index is 0.0858. The first-order valence-corrected chi connectivity index (χ1v) is 14.8. The number of fused-ring (bicyclic) bond motifs is 1. The Balaban J connectivity index is 1.43. The minimum Gasteiger partial charge on any atom is -0.300 e. The van der Waals surface area contributed by atoms with Crippen LogP contribution in [0.3, 0.4) is 0 Å². The molecule has 1 aliphatic heterocycles. The quantitative estimate of drug-likeness (QED) is 0.444. The summed E-state index contributed by atoms with van der Waals surface area (Å²) < 4.78 is 53.2. The predicted octanol–water partition coefficient (Wildman–Crippen LogP) is 1.65. The normalized spacial score (nSPS) is 16.2. The molecule has 0 bridgehead atoms. The van der Waals surface area contributed by atoms with Crippen molar-refractivity contribution in [2.24, 2.45) is 7.05 Å². The molecule has 3 aromatic rings. The lowest BCUT2D eigenvalue weighted by Crippen LogP contribution is -2.49. The first-order valence-electron chi connectivity index (χ1n) is 10.6. The van der Waals surface area contributed by atoms with E-state index in [9.17, 15) is 21.6 Å². The number of piperazine rings is 1.